The second-order valence-electron chi connectivity index (χ2n) is 19.7. The first kappa shape index (κ1) is 45.2. The number of anilines is 3. The van der Waals surface area contributed by atoms with Crippen molar-refractivity contribution in [2.75, 3.05) is 4.90 Å². The van der Waals surface area contributed by atoms with E-state index in [4.69, 9.17) is 9.97 Å². The van der Waals surface area contributed by atoms with Crippen LogP contribution < -0.4 is 4.90 Å². The molecule has 6 aromatic carbocycles. The average molecular weight is 1010 g/mol. The maximum absolute atomic E-state index is 12.1. The van der Waals surface area contributed by atoms with Crippen LogP contribution in [-0.2, 0) is 37.3 Å². The second kappa shape index (κ2) is 17.7. The molecule has 0 fully saturated rings. The van der Waals surface area contributed by atoms with E-state index in [1.54, 1.807) is 0 Å². The first-order chi connectivity index (χ1) is 29.5. The zero-order valence-corrected chi connectivity index (χ0v) is 40.5. The Morgan fingerprint density at radius 2 is 1.21 bits per heavy atom. The van der Waals surface area contributed by atoms with Crippen LogP contribution in [0.15, 0.2) is 158 Å². The summed E-state index contributed by atoms with van der Waals surface area (Å²) < 4.78 is 0. The molecule has 0 aliphatic carbocycles. The molecule has 2 heterocycles. The summed E-state index contributed by atoms with van der Waals surface area (Å²) in [5.41, 5.74) is 12.0. The molecule has 0 aliphatic heterocycles. The minimum absolute atomic E-state index is 0. The van der Waals surface area contributed by atoms with Gasteiger partial charge >= 0.3 is 0 Å². The maximum Gasteiger partial charge on any atom is 0.136 e. The third-order valence-electron chi connectivity index (χ3n) is 12.0. The molecule has 0 aliphatic rings. The number of aromatic hydroxyl groups is 1. The summed E-state index contributed by atoms with van der Waals surface area (Å²) in [6.07, 6.45) is 1.93. The van der Waals surface area contributed by atoms with Gasteiger partial charge in [0, 0.05) is 50.0 Å². The molecule has 0 amide bonds. The molecule has 0 saturated heterocycles. The Hall–Kier alpha value is -5.83. The monoisotopic (exact) mass is 1010 g/mol. The van der Waals surface area contributed by atoms with E-state index in [0.29, 0.717) is 5.69 Å². The second-order valence-corrected chi connectivity index (χ2v) is 19.7. The Morgan fingerprint density at radius 1 is 0.587 bits per heavy atom. The van der Waals surface area contributed by atoms with Gasteiger partial charge in [0.1, 0.15) is 11.6 Å². The van der Waals surface area contributed by atoms with Crippen molar-refractivity contribution in [2.24, 2.45) is 0 Å². The van der Waals surface area contributed by atoms with E-state index in [1.165, 1.54) is 21.9 Å². The summed E-state index contributed by atoms with van der Waals surface area (Å²) in [5, 5.41) is 14.6. The van der Waals surface area contributed by atoms with Crippen LogP contribution in [0.5, 0.6) is 5.75 Å². The van der Waals surface area contributed by atoms with Crippen LogP contribution in [0.2, 0.25) is 0 Å². The topological polar surface area (TPSA) is 49.2 Å². The SMILES string of the molecule is CC(c1ccnc(N(c2[c-]c(-c3cc(-c4ccccc4)cc(-c4cc(C(C)(C)C)cc(C(C)(C)C)c4O)n3)cc(C(C)(C)C)c2)c2ccccc2)c1)c1cccc2ccccc12.[Pt]. The van der Waals surface area contributed by atoms with Crippen molar-refractivity contribution in [3.8, 4) is 39.4 Å². The standard InChI is InChI=1S/C58H58N3O.Pt/c1-38(48-27-19-23-40-22-17-18-26-49(40)48)41-28-29-59-54(34-41)61(46-24-15-12-16-25-46)47-31-43(30-44(35-47)56(2,3)4)52-32-42(39-20-13-11-14-21-39)33-53(60-52)50-36-45(57(5,6)7)37-51(55(50)62)58(8,9)10;/h11-30,32-38,62H,1-10H3;/q-1;. The van der Waals surface area contributed by atoms with Crippen molar-refractivity contribution >= 4 is 28.0 Å². The number of phenolic OH excluding ortho intramolecular Hbond substituents is 1. The molecule has 8 aromatic rings. The van der Waals surface area contributed by atoms with E-state index in [0.717, 1.165) is 61.8 Å². The van der Waals surface area contributed by atoms with Crippen LogP contribution in [0.25, 0.3) is 44.4 Å². The summed E-state index contributed by atoms with van der Waals surface area (Å²) in [5.74, 6) is 1.19. The Bertz CT molecular complexity index is 2880. The van der Waals surface area contributed by atoms with E-state index in [9.17, 15) is 5.11 Å². The van der Waals surface area contributed by atoms with Crippen LogP contribution in [0.3, 0.4) is 0 Å². The molecule has 2 aromatic heterocycles. The van der Waals surface area contributed by atoms with Gasteiger partial charge in [-0.25, -0.2) is 4.98 Å². The summed E-state index contributed by atoms with van der Waals surface area (Å²) in [6, 6.07) is 57.3. The molecule has 63 heavy (non-hydrogen) atoms. The van der Waals surface area contributed by atoms with Crippen LogP contribution in [0.1, 0.15) is 103 Å². The van der Waals surface area contributed by atoms with Crippen LogP contribution in [0.4, 0.5) is 17.2 Å². The predicted octanol–water partition coefficient (Wildman–Crippen LogP) is 15.6. The van der Waals surface area contributed by atoms with Crippen molar-refractivity contribution in [3.63, 3.8) is 0 Å². The molecular formula is C58H58N3OPt-. The fourth-order valence-corrected chi connectivity index (χ4v) is 8.29. The molecule has 1 unspecified atom stereocenters. The van der Waals surface area contributed by atoms with Gasteiger partial charge in [0.05, 0.1) is 5.69 Å². The summed E-state index contributed by atoms with van der Waals surface area (Å²) in [4.78, 5) is 12.7. The molecule has 0 radical (unpaired) electrons. The molecule has 1 N–H and O–H groups in total. The number of aromatic nitrogens is 2. The Labute approximate surface area is 389 Å². The van der Waals surface area contributed by atoms with Gasteiger partial charge in [0.2, 0.25) is 0 Å². The summed E-state index contributed by atoms with van der Waals surface area (Å²) in [6.45, 7) is 22.1. The van der Waals surface area contributed by atoms with Crippen molar-refractivity contribution in [3.05, 3.63) is 192 Å². The van der Waals surface area contributed by atoms with Gasteiger partial charge in [-0.15, -0.1) is 29.3 Å². The van der Waals surface area contributed by atoms with Gasteiger partial charge in [0.25, 0.3) is 0 Å². The summed E-state index contributed by atoms with van der Waals surface area (Å²) >= 11 is 0. The molecule has 5 heteroatoms. The fraction of sp³-hybridized carbons (Fsp3) is 0.241. The van der Waals surface area contributed by atoms with Crippen molar-refractivity contribution in [1.29, 1.82) is 0 Å². The van der Waals surface area contributed by atoms with E-state index in [2.05, 4.69) is 220 Å². The number of fused-ring (bicyclic) bond motifs is 1. The first-order valence-corrected chi connectivity index (χ1v) is 21.8. The molecule has 0 saturated carbocycles. The van der Waals surface area contributed by atoms with Gasteiger partial charge in [-0.2, -0.15) is 0 Å². The van der Waals surface area contributed by atoms with Gasteiger partial charge < -0.3 is 10.0 Å². The van der Waals surface area contributed by atoms with Gasteiger partial charge in [0.15, 0.2) is 0 Å². The Balaban J connectivity index is 0.00000595. The minimum atomic E-state index is -0.289. The third kappa shape index (κ3) is 9.58. The van der Waals surface area contributed by atoms with E-state index in [1.807, 2.05) is 18.3 Å². The quantitative estimate of drug-likeness (QED) is 0.154. The number of pyridine rings is 2. The van der Waals surface area contributed by atoms with E-state index < -0.39 is 0 Å². The maximum atomic E-state index is 12.1. The number of phenols is 1. The molecule has 8 rings (SSSR count). The molecular weight excluding hydrogens is 950 g/mol. The number of hydrogen-bond acceptors (Lipinski definition) is 4. The van der Waals surface area contributed by atoms with Crippen LogP contribution in [0, 0.1) is 6.07 Å². The Morgan fingerprint density at radius 3 is 1.89 bits per heavy atom. The zero-order valence-electron chi connectivity index (χ0n) is 38.2. The van der Waals surface area contributed by atoms with Crippen molar-refractivity contribution < 1.29 is 26.2 Å². The third-order valence-corrected chi connectivity index (χ3v) is 12.0. The van der Waals surface area contributed by atoms with Crippen molar-refractivity contribution in [2.45, 2.75) is 91.4 Å². The number of rotatable bonds is 8. The summed E-state index contributed by atoms with van der Waals surface area (Å²) in [7, 11) is 0. The molecule has 1 atom stereocenters. The molecule has 0 spiro atoms. The van der Waals surface area contributed by atoms with Crippen LogP contribution >= 0.6 is 0 Å². The minimum Gasteiger partial charge on any atom is -0.507 e. The van der Waals surface area contributed by atoms with E-state index in [-0.39, 0.29) is 49.0 Å². The van der Waals surface area contributed by atoms with Gasteiger partial charge in [-0.05, 0) is 103 Å². The van der Waals surface area contributed by atoms with Gasteiger partial charge in [-0.3, -0.25) is 4.98 Å². The molecule has 4 nitrogen and oxygen atoms in total. The first-order valence-electron chi connectivity index (χ1n) is 21.8. The number of hydrogen-bond donors (Lipinski definition) is 1. The number of para-hydroxylation sites is 1. The smallest absolute Gasteiger partial charge is 0.136 e. The Kier molecular flexibility index (Phi) is 12.7. The number of benzene rings is 6. The molecule has 0 bridgehead atoms. The average Bonchev–Trinajstić information content (AvgIpc) is 3.25. The largest absolute Gasteiger partial charge is 0.507 e. The van der Waals surface area contributed by atoms with Gasteiger partial charge in [-0.1, -0.05) is 172 Å². The van der Waals surface area contributed by atoms with E-state index >= 15 is 0 Å². The predicted molar refractivity (Wildman–Crippen MR) is 261 cm³/mol. The zero-order chi connectivity index (χ0) is 44.0. The van der Waals surface area contributed by atoms with Crippen LogP contribution in [-0.4, -0.2) is 15.1 Å². The van der Waals surface area contributed by atoms with Crippen molar-refractivity contribution in [1.82, 2.24) is 9.97 Å². The normalized spacial score (nSPS) is 12.5. The number of nitrogens with zero attached hydrogens (tertiary/aromatic N) is 3. The molecule has 322 valence electrons. The fourth-order valence-electron chi connectivity index (χ4n) is 8.29.